The highest BCUT2D eigenvalue weighted by Crippen LogP contribution is 2.20. The molecule has 0 amide bonds. The maximum absolute atomic E-state index is 9.49. The van der Waals surface area contributed by atoms with Crippen LogP contribution in [0.15, 0.2) is 18.5 Å². The van der Waals surface area contributed by atoms with Crippen LogP contribution in [0, 0.1) is 0 Å². The van der Waals surface area contributed by atoms with Crippen LogP contribution in [0.25, 0.3) is 5.65 Å². The normalized spacial score (nSPS) is 17.6. The Morgan fingerprint density at radius 2 is 2.17 bits per heavy atom. The molecule has 1 unspecified atom stereocenters. The van der Waals surface area contributed by atoms with Gasteiger partial charge >= 0.3 is 0 Å². The van der Waals surface area contributed by atoms with E-state index in [-0.39, 0.29) is 6.10 Å². The van der Waals surface area contributed by atoms with Gasteiger partial charge in [0.25, 0.3) is 0 Å². The molecule has 0 aliphatic carbocycles. The highest BCUT2D eigenvalue weighted by Gasteiger charge is 2.15. The molecule has 3 rings (SSSR count). The van der Waals surface area contributed by atoms with Gasteiger partial charge in [0, 0.05) is 31.3 Å². The van der Waals surface area contributed by atoms with Gasteiger partial charge in [0.2, 0.25) is 0 Å². The van der Waals surface area contributed by atoms with Gasteiger partial charge in [-0.1, -0.05) is 0 Å². The van der Waals surface area contributed by atoms with Crippen LogP contribution in [0.4, 0.5) is 5.82 Å². The van der Waals surface area contributed by atoms with Crippen LogP contribution in [0.2, 0.25) is 0 Å². The molecule has 0 aromatic carbocycles. The Bertz CT molecular complexity index is 543. The van der Waals surface area contributed by atoms with Crippen molar-refractivity contribution in [2.24, 2.45) is 0 Å². The summed E-state index contributed by atoms with van der Waals surface area (Å²) in [6.45, 7) is 3.96. The highest BCUT2D eigenvalue weighted by molar-refractivity contribution is 5.53. The van der Waals surface area contributed by atoms with Crippen LogP contribution in [-0.4, -0.2) is 38.9 Å². The predicted octanol–water partition coefficient (Wildman–Crippen LogP) is 1.25. The first-order chi connectivity index (χ1) is 8.74. The van der Waals surface area contributed by atoms with Crippen molar-refractivity contribution in [1.82, 2.24) is 14.6 Å². The fraction of sp³-hybridized carbons (Fsp3) is 0.538. The molecule has 1 aliphatic rings. The molecule has 1 saturated heterocycles. The number of aliphatic hydroxyl groups excluding tert-OH is 1. The van der Waals surface area contributed by atoms with E-state index in [2.05, 4.69) is 15.0 Å². The highest BCUT2D eigenvalue weighted by atomic mass is 16.3. The van der Waals surface area contributed by atoms with E-state index in [1.165, 1.54) is 12.8 Å². The summed E-state index contributed by atoms with van der Waals surface area (Å²) < 4.78 is 1.78. The molecule has 96 valence electrons. The second-order valence-corrected chi connectivity index (χ2v) is 4.97. The van der Waals surface area contributed by atoms with Crippen molar-refractivity contribution >= 4 is 11.5 Å². The van der Waals surface area contributed by atoms with Crippen molar-refractivity contribution < 1.29 is 5.11 Å². The second-order valence-electron chi connectivity index (χ2n) is 4.97. The van der Waals surface area contributed by atoms with Gasteiger partial charge in [0.1, 0.15) is 5.82 Å². The maximum Gasteiger partial charge on any atom is 0.160 e. The first kappa shape index (κ1) is 11.5. The monoisotopic (exact) mass is 246 g/mol. The summed E-state index contributed by atoms with van der Waals surface area (Å²) in [4.78, 5) is 6.99. The molecule has 5 heteroatoms. The van der Waals surface area contributed by atoms with Gasteiger partial charge in [-0.2, -0.15) is 5.10 Å². The molecule has 5 nitrogen and oxygen atoms in total. The fourth-order valence-corrected chi connectivity index (χ4v) is 2.49. The van der Waals surface area contributed by atoms with Crippen molar-refractivity contribution in [2.75, 3.05) is 18.0 Å². The third-order valence-electron chi connectivity index (χ3n) is 3.37. The van der Waals surface area contributed by atoms with E-state index in [9.17, 15) is 5.11 Å². The van der Waals surface area contributed by atoms with Gasteiger partial charge in [0.05, 0.1) is 12.3 Å². The largest absolute Gasteiger partial charge is 0.393 e. The minimum atomic E-state index is -0.366. The average Bonchev–Trinajstić information content (AvgIpc) is 2.98. The van der Waals surface area contributed by atoms with Crippen LogP contribution in [-0.2, 0) is 6.42 Å². The van der Waals surface area contributed by atoms with E-state index in [0.29, 0.717) is 6.42 Å². The summed E-state index contributed by atoms with van der Waals surface area (Å²) in [7, 11) is 0. The summed E-state index contributed by atoms with van der Waals surface area (Å²) in [6, 6.07) is 2.01. The van der Waals surface area contributed by atoms with E-state index in [0.717, 1.165) is 30.1 Å². The molecule has 1 atom stereocenters. The minimum absolute atomic E-state index is 0.366. The topological polar surface area (TPSA) is 53.7 Å². The molecule has 1 aliphatic heterocycles. The molecular weight excluding hydrogens is 228 g/mol. The molecule has 18 heavy (non-hydrogen) atoms. The summed E-state index contributed by atoms with van der Waals surface area (Å²) in [6.07, 6.45) is 6.46. The Morgan fingerprint density at radius 3 is 2.89 bits per heavy atom. The molecule has 3 heterocycles. The van der Waals surface area contributed by atoms with Crippen LogP contribution in [0.5, 0.6) is 0 Å². The predicted molar refractivity (Wildman–Crippen MR) is 69.8 cm³/mol. The van der Waals surface area contributed by atoms with Crippen LogP contribution in [0.3, 0.4) is 0 Å². The Balaban J connectivity index is 1.98. The molecule has 2 aromatic heterocycles. The lowest BCUT2D eigenvalue weighted by Crippen LogP contribution is -2.19. The molecule has 1 fully saturated rings. The van der Waals surface area contributed by atoms with Crippen molar-refractivity contribution in [3.8, 4) is 0 Å². The Labute approximate surface area is 106 Å². The quantitative estimate of drug-likeness (QED) is 0.885. The fourth-order valence-electron chi connectivity index (χ4n) is 2.49. The maximum atomic E-state index is 9.49. The van der Waals surface area contributed by atoms with Gasteiger partial charge in [-0.3, -0.25) is 0 Å². The molecule has 1 N–H and O–H groups in total. The number of aliphatic hydroxyl groups is 1. The number of hydrogen-bond acceptors (Lipinski definition) is 4. The van der Waals surface area contributed by atoms with Gasteiger partial charge in [-0.25, -0.2) is 9.50 Å². The van der Waals surface area contributed by atoms with Gasteiger partial charge < -0.3 is 10.0 Å². The van der Waals surface area contributed by atoms with E-state index in [1.807, 2.05) is 12.3 Å². The lowest BCUT2D eigenvalue weighted by atomic mass is 10.2. The average molecular weight is 246 g/mol. The summed E-state index contributed by atoms with van der Waals surface area (Å²) in [5, 5.41) is 13.8. The van der Waals surface area contributed by atoms with Gasteiger partial charge in [0.15, 0.2) is 5.65 Å². The summed E-state index contributed by atoms with van der Waals surface area (Å²) >= 11 is 0. The smallest absolute Gasteiger partial charge is 0.160 e. The number of rotatable bonds is 3. The Kier molecular flexibility index (Phi) is 2.91. The summed E-state index contributed by atoms with van der Waals surface area (Å²) in [5.74, 6) is 1.02. The third-order valence-corrected chi connectivity index (χ3v) is 3.37. The summed E-state index contributed by atoms with van der Waals surface area (Å²) in [5.41, 5.74) is 1.87. The molecule has 0 spiro atoms. The number of aromatic nitrogens is 3. The Hall–Kier alpha value is -1.62. The zero-order valence-corrected chi connectivity index (χ0v) is 10.6. The van der Waals surface area contributed by atoms with E-state index >= 15 is 0 Å². The van der Waals surface area contributed by atoms with Gasteiger partial charge in [-0.05, 0) is 25.8 Å². The van der Waals surface area contributed by atoms with Crippen molar-refractivity contribution in [1.29, 1.82) is 0 Å². The number of hydrogen-bond donors (Lipinski definition) is 1. The standard InChI is InChI=1S/C13H18N4O/c1-10(18)8-11-9-14-17-7-4-12(15-13(11)17)16-5-2-3-6-16/h4,7,9-10,18H,2-3,5-6,8H2,1H3. The molecule has 2 aromatic rings. The van der Waals surface area contributed by atoms with Crippen LogP contribution < -0.4 is 4.90 Å². The second kappa shape index (κ2) is 4.57. The van der Waals surface area contributed by atoms with E-state index in [4.69, 9.17) is 0 Å². The SMILES string of the molecule is CC(O)Cc1cnn2ccc(N3CCCC3)nc12. The number of anilines is 1. The van der Waals surface area contributed by atoms with E-state index < -0.39 is 0 Å². The Morgan fingerprint density at radius 1 is 1.39 bits per heavy atom. The van der Waals surface area contributed by atoms with Crippen LogP contribution >= 0.6 is 0 Å². The molecule has 0 radical (unpaired) electrons. The first-order valence-corrected chi connectivity index (χ1v) is 6.50. The van der Waals surface area contributed by atoms with Crippen molar-refractivity contribution in [3.05, 3.63) is 24.0 Å². The number of fused-ring (bicyclic) bond motifs is 1. The minimum Gasteiger partial charge on any atom is -0.393 e. The lowest BCUT2D eigenvalue weighted by molar-refractivity contribution is 0.196. The van der Waals surface area contributed by atoms with E-state index in [1.54, 1.807) is 17.6 Å². The lowest BCUT2D eigenvalue weighted by Gasteiger charge is -2.16. The third kappa shape index (κ3) is 2.06. The first-order valence-electron chi connectivity index (χ1n) is 6.50. The van der Waals surface area contributed by atoms with Crippen molar-refractivity contribution in [2.45, 2.75) is 32.3 Å². The zero-order valence-electron chi connectivity index (χ0n) is 10.6. The van der Waals surface area contributed by atoms with Crippen molar-refractivity contribution in [3.63, 3.8) is 0 Å². The molecule has 0 bridgehead atoms. The number of nitrogens with zero attached hydrogens (tertiary/aromatic N) is 4. The molecular formula is C13H18N4O. The van der Waals surface area contributed by atoms with Gasteiger partial charge in [-0.15, -0.1) is 0 Å². The van der Waals surface area contributed by atoms with Crippen LogP contribution in [0.1, 0.15) is 25.3 Å². The zero-order chi connectivity index (χ0) is 12.5. The molecule has 0 saturated carbocycles.